The van der Waals surface area contributed by atoms with Crippen LogP contribution < -0.4 is 5.32 Å². The number of rotatable bonds is 2. The number of aryl methyl sites for hydroxylation is 1. The molecule has 6 nitrogen and oxygen atoms in total. The van der Waals surface area contributed by atoms with Crippen molar-refractivity contribution in [1.82, 2.24) is 14.7 Å². The number of nitrogens with one attached hydrogen (secondary N) is 1. The third kappa shape index (κ3) is 3.23. The van der Waals surface area contributed by atoms with Crippen molar-refractivity contribution in [2.45, 2.75) is 6.92 Å². The first kappa shape index (κ1) is 15.6. The van der Waals surface area contributed by atoms with Crippen LogP contribution >= 0.6 is 23.2 Å². The Bertz CT molecular complexity index is 792. The predicted molar refractivity (Wildman–Crippen MR) is 91.7 cm³/mol. The molecule has 0 radical (unpaired) electrons. The van der Waals surface area contributed by atoms with Crippen molar-refractivity contribution >= 4 is 41.3 Å². The highest BCUT2D eigenvalue weighted by molar-refractivity contribution is 6.37. The molecule has 0 saturated heterocycles. The number of hydrogen-bond donors (Lipinski definition) is 1. The highest BCUT2D eigenvalue weighted by Gasteiger charge is 2.18. The third-order valence-corrected chi connectivity index (χ3v) is 3.78. The van der Waals surface area contributed by atoms with Gasteiger partial charge in [-0.15, -0.1) is 0 Å². The number of aliphatic imine (C=N–C) groups is 1. The van der Waals surface area contributed by atoms with Gasteiger partial charge in [0.15, 0.2) is 0 Å². The highest BCUT2D eigenvalue weighted by Crippen LogP contribution is 2.30. The van der Waals surface area contributed by atoms with E-state index >= 15 is 0 Å². The van der Waals surface area contributed by atoms with E-state index in [-0.39, 0.29) is 12.7 Å². The van der Waals surface area contributed by atoms with Crippen LogP contribution in [0.4, 0.5) is 10.6 Å². The van der Waals surface area contributed by atoms with E-state index in [1.54, 1.807) is 42.8 Å². The first-order chi connectivity index (χ1) is 11.1. The quantitative estimate of drug-likeness (QED) is 0.894. The van der Waals surface area contributed by atoms with E-state index < -0.39 is 0 Å². The molecule has 1 aliphatic rings. The fourth-order valence-electron chi connectivity index (χ4n) is 2.15. The summed E-state index contributed by atoms with van der Waals surface area (Å²) in [4.78, 5) is 17.8. The number of carbonyl (C=O) groups excluding carboxylic acids is 1. The molecule has 2 aromatic rings. The summed E-state index contributed by atoms with van der Waals surface area (Å²) in [7, 11) is 0. The fourth-order valence-corrected chi connectivity index (χ4v) is 2.71. The van der Waals surface area contributed by atoms with Gasteiger partial charge in [-0.3, -0.25) is 15.2 Å². The second kappa shape index (κ2) is 6.44. The number of allylic oxidation sites excluding steroid dienone is 1. The summed E-state index contributed by atoms with van der Waals surface area (Å²) >= 11 is 12.5. The molecule has 23 heavy (non-hydrogen) atoms. The van der Waals surface area contributed by atoms with Gasteiger partial charge in [-0.1, -0.05) is 29.3 Å². The molecule has 0 bridgehead atoms. The molecule has 8 heteroatoms. The Morgan fingerprint density at radius 1 is 1.30 bits per heavy atom. The Labute approximate surface area is 143 Å². The number of urea groups is 1. The maximum absolute atomic E-state index is 12.3. The second-order valence-electron chi connectivity index (χ2n) is 4.87. The monoisotopic (exact) mass is 349 g/mol. The molecule has 1 N–H and O–H groups in total. The molecular formula is C15H13Cl2N5O. The molecule has 0 spiro atoms. The molecular weight excluding hydrogens is 337 g/mol. The Morgan fingerprint density at radius 3 is 2.70 bits per heavy atom. The summed E-state index contributed by atoms with van der Waals surface area (Å²) in [6, 6.07) is 6.61. The molecule has 0 atom stereocenters. The lowest BCUT2D eigenvalue weighted by molar-refractivity contribution is 0.229. The van der Waals surface area contributed by atoms with Crippen molar-refractivity contribution in [3.63, 3.8) is 0 Å². The van der Waals surface area contributed by atoms with Gasteiger partial charge in [0.2, 0.25) is 0 Å². The zero-order valence-corrected chi connectivity index (χ0v) is 13.7. The minimum absolute atomic E-state index is 0.266. The van der Waals surface area contributed by atoms with Crippen LogP contribution in [0.3, 0.4) is 0 Å². The number of anilines is 1. The number of para-hydroxylation sites is 1. The van der Waals surface area contributed by atoms with Gasteiger partial charge in [-0.05, 0) is 25.1 Å². The number of carbonyl (C=O) groups is 1. The molecule has 2 amide bonds. The number of amides is 2. The zero-order valence-electron chi connectivity index (χ0n) is 12.2. The summed E-state index contributed by atoms with van der Waals surface area (Å²) in [5.74, 6) is 0.477. The summed E-state index contributed by atoms with van der Waals surface area (Å²) in [5, 5.41) is 8.05. The van der Waals surface area contributed by atoms with Crippen LogP contribution in [0.25, 0.3) is 5.69 Å². The average molecular weight is 350 g/mol. The second-order valence-corrected chi connectivity index (χ2v) is 5.68. The normalized spacial score (nSPS) is 13.4. The van der Waals surface area contributed by atoms with Crippen molar-refractivity contribution in [3.05, 3.63) is 52.3 Å². The highest BCUT2D eigenvalue weighted by atomic mass is 35.5. The molecule has 3 rings (SSSR count). The minimum Gasteiger partial charge on any atom is -0.292 e. The van der Waals surface area contributed by atoms with Crippen LogP contribution in [0, 0.1) is 6.92 Å². The van der Waals surface area contributed by atoms with E-state index in [9.17, 15) is 4.79 Å². The summed E-state index contributed by atoms with van der Waals surface area (Å²) in [5.41, 5.74) is 1.25. The van der Waals surface area contributed by atoms with Gasteiger partial charge < -0.3 is 0 Å². The van der Waals surface area contributed by atoms with Crippen LogP contribution in [-0.2, 0) is 0 Å². The lowest BCUT2D eigenvalue weighted by Gasteiger charge is -2.19. The van der Waals surface area contributed by atoms with Crippen LogP contribution in [0.2, 0.25) is 10.0 Å². The van der Waals surface area contributed by atoms with Crippen LogP contribution in [0.1, 0.15) is 5.69 Å². The number of aromatic nitrogens is 2. The maximum Gasteiger partial charge on any atom is 0.328 e. The lowest BCUT2D eigenvalue weighted by atomic mass is 10.3. The van der Waals surface area contributed by atoms with E-state index in [4.69, 9.17) is 23.2 Å². The van der Waals surface area contributed by atoms with E-state index in [1.165, 1.54) is 9.58 Å². The van der Waals surface area contributed by atoms with Crippen LogP contribution in [-0.4, -0.2) is 33.6 Å². The molecule has 118 valence electrons. The molecule has 2 heterocycles. The summed E-state index contributed by atoms with van der Waals surface area (Å²) in [6.45, 7) is 2.09. The summed E-state index contributed by atoms with van der Waals surface area (Å²) in [6.07, 6.45) is 4.98. The van der Waals surface area contributed by atoms with Crippen LogP contribution in [0.15, 0.2) is 41.5 Å². The predicted octanol–water partition coefficient (Wildman–Crippen LogP) is 3.88. The third-order valence-electron chi connectivity index (χ3n) is 3.17. The van der Waals surface area contributed by atoms with Crippen molar-refractivity contribution in [1.29, 1.82) is 0 Å². The number of nitrogens with zero attached hydrogens (tertiary/aromatic N) is 4. The van der Waals surface area contributed by atoms with Gasteiger partial charge in [0.25, 0.3) is 0 Å². The minimum atomic E-state index is -0.317. The smallest absolute Gasteiger partial charge is 0.292 e. The molecule has 1 aromatic carbocycles. The number of benzene rings is 1. The van der Waals surface area contributed by atoms with Gasteiger partial charge in [0, 0.05) is 18.5 Å². The Morgan fingerprint density at radius 2 is 2.04 bits per heavy atom. The molecule has 1 aromatic heterocycles. The van der Waals surface area contributed by atoms with Gasteiger partial charge in [0.1, 0.15) is 18.2 Å². The van der Waals surface area contributed by atoms with Gasteiger partial charge >= 0.3 is 6.03 Å². The number of halogens is 2. The largest absolute Gasteiger partial charge is 0.328 e. The molecule has 1 aliphatic heterocycles. The average Bonchev–Trinajstić information content (AvgIpc) is 2.88. The van der Waals surface area contributed by atoms with E-state index in [2.05, 4.69) is 15.4 Å². The topological polar surface area (TPSA) is 62.5 Å². The SMILES string of the molecule is Cc1cc(NC(=O)N2C=CC=NC2)n(-c2c(Cl)cccc2Cl)n1. The van der Waals surface area contributed by atoms with Crippen molar-refractivity contribution in [3.8, 4) is 5.69 Å². The zero-order chi connectivity index (χ0) is 16.4. The maximum atomic E-state index is 12.3. The molecule has 0 fully saturated rings. The van der Waals surface area contributed by atoms with Gasteiger partial charge in [-0.25, -0.2) is 9.48 Å². The first-order valence-electron chi connectivity index (χ1n) is 6.81. The van der Waals surface area contributed by atoms with Crippen LogP contribution in [0.5, 0.6) is 0 Å². The van der Waals surface area contributed by atoms with E-state index in [0.717, 1.165) is 5.69 Å². The number of hydrogen-bond acceptors (Lipinski definition) is 3. The van der Waals surface area contributed by atoms with Gasteiger partial charge in [-0.2, -0.15) is 5.10 Å². The van der Waals surface area contributed by atoms with Crippen molar-refractivity contribution in [2.75, 3.05) is 12.0 Å². The summed E-state index contributed by atoms with van der Waals surface area (Å²) < 4.78 is 1.52. The van der Waals surface area contributed by atoms with Crippen molar-refractivity contribution < 1.29 is 4.79 Å². The Hall–Kier alpha value is -2.31. The Balaban J connectivity index is 1.94. The van der Waals surface area contributed by atoms with Crippen molar-refractivity contribution in [2.24, 2.45) is 4.99 Å². The Kier molecular flexibility index (Phi) is 4.36. The molecule has 0 aliphatic carbocycles. The standard InChI is InChI=1S/C15H13Cl2N5O/c1-10-8-13(19-15(23)21-7-3-6-18-9-21)22(20-10)14-11(16)4-2-5-12(14)17/h2-8H,9H2,1H3,(H,19,23). The lowest BCUT2D eigenvalue weighted by Crippen LogP contribution is -2.32. The molecule has 0 unspecified atom stereocenters. The van der Waals surface area contributed by atoms with E-state index in [0.29, 0.717) is 21.6 Å². The van der Waals surface area contributed by atoms with E-state index in [1.807, 2.05) is 6.92 Å². The fraction of sp³-hybridized carbons (Fsp3) is 0.133. The molecule has 0 saturated carbocycles. The van der Waals surface area contributed by atoms with Gasteiger partial charge in [0.05, 0.1) is 15.7 Å². The first-order valence-corrected chi connectivity index (χ1v) is 7.57.